The zero-order chi connectivity index (χ0) is 13.5. The van der Waals surface area contributed by atoms with Gasteiger partial charge in [0.15, 0.2) is 0 Å². The highest BCUT2D eigenvalue weighted by Gasteiger charge is 2.11. The summed E-state index contributed by atoms with van der Waals surface area (Å²) in [4.78, 5) is 11.6. The summed E-state index contributed by atoms with van der Waals surface area (Å²) >= 11 is 0. The number of ether oxygens (including phenoxy) is 1. The zero-order valence-corrected chi connectivity index (χ0v) is 10.7. The minimum absolute atomic E-state index is 0.0249. The third-order valence-corrected chi connectivity index (χ3v) is 2.31. The lowest BCUT2D eigenvalue weighted by Gasteiger charge is -2.14. The van der Waals surface area contributed by atoms with Gasteiger partial charge in [0.2, 0.25) is 0 Å². The molecule has 0 aliphatic heterocycles. The molecular formula is C13H20N2O3. The number of carbonyl (C=O) groups excluding carboxylic acids is 1. The molecule has 1 aromatic rings. The van der Waals surface area contributed by atoms with Crippen molar-refractivity contribution in [3.63, 3.8) is 0 Å². The maximum atomic E-state index is 11.6. The molecule has 18 heavy (non-hydrogen) atoms. The Kier molecular flexibility index (Phi) is 5.61. The van der Waals surface area contributed by atoms with Crippen molar-refractivity contribution in [1.82, 2.24) is 5.32 Å². The number of nitrogens with one attached hydrogen (secondary N) is 1. The standard InChI is InChI=1S/C13H20N2O3/c1-9(2)15-7-12(16)8-18-13(17)10-3-5-11(14)6-4-10/h3-6,9,12,15-16H,7-8,14H2,1-2H3/t12-/m0/s1. The number of esters is 1. The molecule has 0 unspecified atom stereocenters. The van der Waals surface area contributed by atoms with Gasteiger partial charge in [0.25, 0.3) is 0 Å². The molecule has 0 saturated carbocycles. The summed E-state index contributed by atoms with van der Waals surface area (Å²) in [5.74, 6) is -0.460. The molecule has 0 saturated heterocycles. The van der Waals surface area contributed by atoms with E-state index in [9.17, 15) is 9.90 Å². The lowest BCUT2D eigenvalue weighted by molar-refractivity contribution is 0.0256. The van der Waals surface area contributed by atoms with E-state index in [1.54, 1.807) is 24.3 Å². The average Bonchev–Trinajstić information content (AvgIpc) is 2.34. The molecule has 0 aromatic heterocycles. The highest BCUT2D eigenvalue weighted by molar-refractivity contribution is 5.89. The summed E-state index contributed by atoms with van der Waals surface area (Å²) < 4.78 is 4.99. The van der Waals surface area contributed by atoms with E-state index in [4.69, 9.17) is 10.5 Å². The summed E-state index contributed by atoms with van der Waals surface area (Å²) in [6, 6.07) is 6.74. The predicted molar refractivity (Wildman–Crippen MR) is 70.3 cm³/mol. The van der Waals surface area contributed by atoms with Crippen LogP contribution in [-0.2, 0) is 4.74 Å². The van der Waals surface area contributed by atoms with E-state index in [-0.39, 0.29) is 12.6 Å². The van der Waals surface area contributed by atoms with Gasteiger partial charge in [-0.2, -0.15) is 0 Å². The van der Waals surface area contributed by atoms with Crippen molar-refractivity contribution in [3.05, 3.63) is 29.8 Å². The number of hydrogen-bond donors (Lipinski definition) is 3. The number of benzene rings is 1. The fraction of sp³-hybridized carbons (Fsp3) is 0.462. The van der Waals surface area contributed by atoms with E-state index < -0.39 is 12.1 Å². The van der Waals surface area contributed by atoms with Crippen LogP contribution >= 0.6 is 0 Å². The van der Waals surface area contributed by atoms with Crippen molar-refractivity contribution in [2.75, 3.05) is 18.9 Å². The van der Waals surface area contributed by atoms with Crippen LogP contribution in [0.15, 0.2) is 24.3 Å². The second-order valence-corrected chi connectivity index (χ2v) is 4.44. The molecule has 4 N–H and O–H groups in total. The molecule has 100 valence electrons. The lowest BCUT2D eigenvalue weighted by atomic mass is 10.2. The quantitative estimate of drug-likeness (QED) is 0.515. The minimum atomic E-state index is -0.704. The molecular weight excluding hydrogens is 232 g/mol. The number of carbonyl (C=O) groups is 1. The number of anilines is 1. The highest BCUT2D eigenvalue weighted by atomic mass is 16.5. The van der Waals surface area contributed by atoms with Crippen LogP contribution < -0.4 is 11.1 Å². The number of rotatable bonds is 6. The Morgan fingerprint density at radius 1 is 1.39 bits per heavy atom. The summed E-state index contributed by atoms with van der Waals surface area (Å²) in [5, 5.41) is 12.6. The smallest absolute Gasteiger partial charge is 0.338 e. The number of nitrogen functional groups attached to an aromatic ring is 1. The van der Waals surface area contributed by atoms with Gasteiger partial charge >= 0.3 is 5.97 Å². The van der Waals surface area contributed by atoms with Gasteiger partial charge in [-0.1, -0.05) is 13.8 Å². The summed E-state index contributed by atoms with van der Waals surface area (Å²) in [7, 11) is 0. The number of aliphatic hydroxyl groups is 1. The Hall–Kier alpha value is -1.59. The van der Waals surface area contributed by atoms with E-state index in [1.165, 1.54) is 0 Å². The third kappa shape index (κ3) is 5.16. The SMILES string of the molecule is CC(C)NC[C@H](O)COC(=O)c1ccc(N)cc1. The van der Waals surface area contributed by atoms with E-state index in [0.29, 0.717) is 17.8 Å². The number of aliphatic hydroxyl groups excluding tert-OH is 1. The van der Waals surface area contributed by atoms with Gasteiger partial charge in [0.05, 0.1) is 5.56 Å². The van der Waals surface area contributed by atoms with Gasteiger partial charge in [-0.15, -0.1) is 0 Å². The molecule has 0 aliphatic carbocycles. The minimum Gasteiger partial charge on any atom is -0.459 e. The first kappa shape index (κ1) is 14.5. The van der Waals surface area contributed by atoms with Gasteiger partial charge in [0.1, 0.15) is 12.7 Å². The summed E-state index contributed by atoms with van der Waals surface area (Å²) in [6.45, 7) is 4.33. The van der Waals surface area contributed by atoms with Crippen LogP contribution in [0.1, 0.15) is 24.2 Å². The molecule has 1 rings (SSSR count). The molecule has 0 heterocycles. The fourth-order valence-corrected chi connectivity index (χ4v) is 1.31. The van der Waals surface area contributed by atoms with Crippen molar-refractivity contribution in [1.29, 1.82) is 0 Å². The Labute approximate surface area is 107 Å². The highest BCUT2D eigenvalue weighted by Crippen LogP contribution is 2.06. The summed E-state index contributed by atoms with van der Waals surface area (Å²) in [6.07, 6.45) is -0.704. The maximum absolute atomic E-state index is 11.6. The molecule has 0 amide bonds. The van der Waals surface area contributed by atoms with E-state index in [1.807, 2.05) is 13.8 Å². The van der Waals surface area contributed by atoms with Gasteiger partial charge in [0, 0.05) is 18.3 Å². The van der Waals surface area contributed by atoms with Gasteiger partial charge < -0.3 is 20.9 Å². The molecule has 0 aliphatic rings. The topological polar surface area (TPSA) is 84.6 Å². The van der Waals surface area contributed by atoms with Gasteiger partial charge in [-0.05, 0) is 24.3 Å². The molecule has 1 atom stereocenters. The molecule has 5 nitrogen and oxygen atoms in total. The van der Waals surface area contributed by atoms with Crippen molar-refractivity contribution in [3.8, 4) is 0 Å². The van der Waals surface area contributed by atoms with Crippen molar-refractivity contribution in [2.24, 2.45) is 0 Å². The molecule has 0 fully saturated rings. The first-order valence-electron chi connectivity index (χ1n) is 5.93. The Morgan fingerprint density at radius 3 is 2.56 bits per heavy atom. The Balaban J connectivity index is 2.34. The zero-order valence-electron chi connectivity index (χ0n) is 10.7. The van der Waals surface area contributed by atoms with E-state index in [2.05, 4.69) is 5.32 Å². The monoisotopic (exact) mass is 252 g/mol. The normalized spacial score (nSPS) is 12.4. The maximum Gasteiger partial charge on any atom is 0.338 e. The van der Waals surface area contributed by atoms with Gasteiger partial charge in [-0.25, -0.2) is 4.79 Å². The summed E-state index contributed by atoms with van der Waals surface area (Å²) in [5.41, 5.74) is 6.53. The van der Waals surface area contributed by atoms with Gasteiger partial charge in [-0.3, -0.25) is 0 Å². The van der Waals surface area contributed by atoms with E-state index >= 15 is 0 Å². The first-order valence-corrected chi connectivity index (χ1v) is 5.93. The molecule has 0 bridgehead atoms. The number of hydrogen-bond acceptors (Lipinski definition) is 5. The third-order valence-electron chi connectivity index (χ3n) is 2.31. The van der Waals surface area contributed by atoms with E-state index in [0.717, 1.165) is 0 Å². The Morgan fingerprint density at radius 2 is 2.00 bits per heavy atom. The molecule has 0 radical (unpaired) electrons. The lowest BCUT2D eigenvalue weighted by Crippen LogP contribution is -2.35. The van der Waals surface area contributed by atoms with Crippen LogP contribution in [0.3, 0.4) is 0 Å². The van der Waals surface area contributed by atoms with Crippen molar-refractivity contribution >= 4 is 11.7 Å². The van der Waals surface area contributed by atoms with Crippen LogP contribution in [0, 0.1) is 0 Å². The van der Waals surface area contributed by atoms with Crippen molar-refractivity contribution in [2.45, 2.75) is 26.0 Å². The van der Waals surface area contributed by atoms with Crippen LogP contribution in [0.4, 0.5) is 5.69 Å². The van der Waals surface area contributed by atoms with Crippen molar-refractivity contribution < 1.29 is 14.6 Å². The van der Waals surface area contributed by atoms with Crippen LogP contribution in [0.5, 0.6) is 0 Å². The largest absolute Gasteiger partial charge is 0.459 e. The first-order chi connectivity index (χ1) is 8.49. The average molecular weight is 252 g/mol. The second-order valence-electron chi connectivity index (χ2n) is 4.44. The van der Waals surface area contributed by atoms with Crippen LogP contribution in [-0.4, -0.2) is 36.4 Å². The molecule has 1 aromatic carbocycles. The molecule has 5 heteroatoms. The predicted octanol–water partition coefficient (Wildman–Crippen LogP) is 0.784. The fourth-order valence-electron chi connectivity index (χ4n) is 1.31. The molecule has 0 spiro atoms. The second kappa shape index (κ2) is 6.98. The Bertz CT molecular complexity index is 376. The van der Waals surface area contributed by atoms with Crippen LogP contribution in [0.25, 0.3) is 0 Å². The van der Waals surface area contributed by atoms with Crippen LogP contribution in [0.2, 0.25) is 0 Å². The number of nitrogens with two attached hydrogens (primary N) is 1.